The van der Waals surface area contributed by atoms with E-state index in [9.17, 15) is 9.59 Å². The van der Waals surface area contributed by atoms with Crippen LogP contribution in [0.25, 0.3) is 0 Å². The van der Waals surface area contributed by atoms with Crippen molar-refractivity contribution in [2.24, 2.45) is 17.6 Å². The first-order valence-corrected chi connectivity index (χ1v) is 9.08. The first-order valence-electron chi connectivity index (χ1n) is 9.08. The van der Waals surface area contributed by atoms with E-state index < -0.39 is 0 Å². The summed E-state index contributed by atoms with van der Waals surface area (Å²) in [6, 6.07) is -0.293. The second-order valence-corrected chi connectivity index (χ2v) is 7.54. The zero-order valence-electron chi connectivity index (χ0n) is 14.9. The summed E-state index contributed by atoms with van der Waals surface area (Å²) in [6.07, 6.45) is 3.90. The third-order valence-electron chi connectivity index (χ3n) is 4.89. The van der Waals surface area contributed by atoms with Gasteiger partial charge in [0.05, 0.1) is 12.5 Å². The SMILES string of the molecule is CC(C)C(NC(=O)C1CCCN(CC(N)=O)C1)c1nc(C2CC2)no1. The third-order valence-corrected chi connectivity index (χ3v) is 4.89. The van der Waals surface area contributed by atoms with Gasteiger partial charge >= 0.3 is 0 Å². The first-order chi connectivity index (χ1) is 11.9. The van der Waals surface area contributed by atoms with Crippen LogP contribution in [0.4, 0.5) is 0 Å². The number of hydrogen-bond donors (Lipinski definition) is 2. The number of aromatic nitrogens is 2. The average Bonchev–Trinajstić information content (AvgIpc) is 3.30. The Morgan fingerprint density at radius 1 is 1.36 bits per heavy atom. The summed E-state index contributed by atoms with van der Waals surface area (Å²) in [7, 11) is 0. The summed E-state index contributed by atoms with van der Waals surface area (Å²) in [5.41, 5.74) is 5.26. The molecule has 3 rings (SSSR count). The Labute approximate surface area is 147 Å². The largest absolute Gasteiger partial charge is 0.369 e. The van der Waals surface area contributed by atoms with Gasteiger partial charge in [-0.05, 0) is 38.1 Å². The minimum absolute atomic E-state index is 0.0287. The summed E-state index contributed by atoms with van der Waals surface area (Å²) in [5.74, 6) is 1.25. The molecule has 0 radical (unpaired) electrons. The molecule has 1 aromatic heterocycles. The molecule has 0 aromatic carbocycles. The molecular formula is C17H27N5O3. The Morgan fingerprint density at radius 2 is 2.12 bits per heavy atom. The quantitative estimate of drug-likeness (QED) is 0.758. The molecule has 138 valence electrons. The highest BCUT2D eigenvalue weighted by molar-refractivity contribution is 5.80. The average molecular weight is 349 g/mol. The smallest absolute Gasteiger partial charge is 0.249 e. The summed E-state index contributed by atoms with van der Waals surface area (Å²) in [4.78, 5) is 30.3. The van der Waals surface area contributed by atoms with E-state index >= 15 is 0 Å². The highest BCUT2D eigenvalue weighted by Gasteiger charge is 2.33. The maximum absolute atomic E-state index is 12.7. The lowest BCUT2D eigenvalue weighted by atomic mass is 9.95. The van der Waals surface area contributed by atoms with Gasteiger partial charge in [0.15, 0.2) is 5.82 Å². The Balaban J connectivity index is 1.62. The zero-order chi connectivity index (χ0) is 18.0. The molecular weight excluding hydrogens is 322 g/mol. The molecule has 1 aliphatic heterocycles. The third kappa shape index (κ3) is 4.56. The van der Waals surface area contributed by atoms with Crippen molar-refractivity contribution < 1.29 is 14.1 Å². The second kappa shape index (κ2) is 7.51. The van der Waals surface area contributed by atoms with Gasteiger partial charge in [-0.2, -0.15) is 4.98 Å². The van der Waals surface area contributed by atoms with Crippen molar-refractivity contribution in [3.63, 3.8) is 0 Å². The Morgan fingerprint density at radius 3 is 2.76 bits per heavy atom. The van der Waals surface area contributed by atoms with Crippen molar-refractivity contribution in [1.29, 1.82) is 0 Å². The number of primary amides is 1. The van der Waals surface area contributed by atoms with Gasteiger partial charge in [-0.3, -0.25) is 14.5 Å². The molecule has 0 bridgehead atoms. The van der Waals surface area contributed by atoms with Crippen LogP contribution in [0.2, 0.25) is 0 Å². The molecule has 1 aromatic rings. The van der Waals surface area contributed by atoms with E-state index in [1.807, 2.05) is 18.7 Å². The van der Waals surface area contributed by atoms with Crippen molar-refractivity contribution in [3.05, 3.63) is 11.7 Å². The molecule has 2 atom stereocenters. The number of nitrogens with zero attached hydrogens (tertiary/aromatic N) is 3. The van der Waals surface area contributed by atoms with Crippen LogP contribution in [0, 0.1) is 11.8 Å². The van der Waals surface area contributed by atoms with Crippen molar-refractivity contribution in [3.8, 4) is 0 Å². The molecule has 3 N–H and O–H groups in total. The maximum atomic E-state index is 12.7. The molecule has 8 nitrogen and oxygen atoms in total. The van der Waals surface area contributed by atoms with E-state index in [-0.39, 0.29) is 36.2 Å². The number of hydrogen-bond acceptors (Lipinski definition) is 6. The molecule has 8 heteroatoms. The van der Waals surface area contributed by atoms with Crippen LogP contribution in [-0.4, -0.2) is 46.5 Å². The number of carbonyl (C=O) groups excluding carboxylic acids is 2. The number of piperidine rings is 1. The molecule has 25 heavy (non-hydrogen) atoms. The van der Waals surface area contributed by atoms with Gasteiger partial charge in [0, 0.05) is 12.5 Å². The van der Waals surface area contributed by atoms with Crippen LogP contribution >= 0.6 is 0 Å². The zero-order valence-corrected chi connectivity index (χ0v) is 14.9. The Hall–Kier alpha value is -1.96. The van der Waals surface area contributed by atoms with Gasteiger partial charge in [0.1, 0.15) is 6.04 Å². The fourth-order valence-corrected chi connectivity index (χ4v) is 3.30. The molecule has 1 saturated carbocycles. The minimum Gasteiger partial charge on any atom is -0.369 e. The molecule has 2 amide bonds. The highest BCUT2D eigenvalue weighted by atomic mass is 16.5. The van der Waals surface area contributed by atoms with E-state index in [0.29, 0.717) is 18.4 Å². The number of rotatable bonds is 7. The molecule has 2 aliphatic rings. The van der Waals surface area contributed by atoms with E-state index in [0.717, 1.165) is 38.1 Å². The normalized spacial score (nSPS) is 22.8. The standard InChI is InChI=1S/C17H27N5O3/c1-10(2)14(17-20-15(21-25-17)11-5-6-11)19-16(24)12-4-3-7-22(8-12)9-13(18)23/h10-12,14H,3-9H2,1-2H3,(H2,18,23)(H,19,24). The fraction of sp³-hybridized carbons (Fsp3) is 0.765. The number of carbonyl (C=O) groups is 2. The second-order valence-electron chi connectivity index (χ2n) is 7.54. The molecule has 1 aliphatic carbocycles. The Bertz CT molecular complexity index is 626. The summed E-state index contributed by atoms with van der Waals surface area (Å²) in [5, 5.41) is 7.12. The van der Waals surface area contributed by atoms with Crippen LogP contribution in [-0.2, 0) is 9.59 Å². The van der Waals surface area contributed by atoms with E-state index in [1.165, 1.54) is 0 Å². The maximum Gasteiger partial charge on any atom is 0.249 e. The van der Waals surface area contributed by atoms with Crippen LogP contribution in [0.1, 0.15) is 63.2 Å². The van der Waals surface area contributed by atoms with E-state index in [4.69, 9.17) is 10.3 Å². The molecule has 1 saturated heterocycles. The van der Waals surface area contributed by atoms with Gasteiger partial charge in [-0.25, -0.2) is 0 Å². The molecule has 2 heterocycles. The van der Waals surface area contributed by atoms with Gasteiger partial charge in [0.25, 0.3) is 0 Å². The van der Waals surface area contributed by atoms with E-state index in [1.54, 1.807) is 0 Å². The summed E-state index contributed by atoms with van der Waals surface area (Å²) in [6.45, 7) is 5.59. The van der Waals surface area contributed by atoms with Crippen LogP contribution < -0.4 is 11.1 Å². The Kier molecular flexibility index (Phi) is 5.36. The van der Waals surface area contributed by atoms with Gasteiger partial charge < -0.3 is 15.6 Å². The van der Waals surface area contributed by atoms with Crippen LogP contribution in [0.5, 0.6) is 0 Å². The van der Waals surface area contributed by atoms with Crippen molar-refractivity contribution >= 4 is 11.8 Å². The lowest BCUT2D eigenvalue weighted by Crippen LogP contribution is -2.46. The van der Waals surface area contributed by atoms with Gasteiger partial charge in [0.2, 0.25) is 17.7 Å². The number of likely N-dealkylation sites (tertiary alicyclic amines) is 1. The van der Waals surface area contributed by atoms with Crippen LogP contribution in [0.3, 0.4) is 0 Å². The lowest BCUT2D eigenvalue weighted by Gasteiger charge is -2.32. The van der Waals surface area contributed by atoms with Crippen molar-refractivity contribution in [2.75, 3.05) is 19.6 Å². The van der Waals surface area contributed by atoms with Gasteiger partial charge in [-0.15, -0.1) is 0 Å². The number of nitrogens with one attached hydrogen (secondary N) is 1. The van der Waals surface area contributed by atoms with Gasteiger partial charge in [-0.1, -0.05) is 19.0 Å². The fourth-order valence-electron chi connectivity index (χ4n) is 3.30. The summed E-state index contributed by atoms with van der Waals surface area (Å²) >= 11 is 0. The predicted molar refractivity (Wildman–Crippen MR) is 90.4 cm³/mol. The predicted octanol–water partition coefficient (Wildman–Crippen LogP) is 0.958. The van der Waals surface area contributed by atoms with Crippen LogP contribution in [0.15, 0.2) is 4.52 Å². The lowest BCUT2D eigenvalue weighted by molar-refractivity contribution is -0.129. The van der Waals surface area contributed by atoms with Crippen molar-refractivity contribution in [1.82, 2.24) is 20.4 Å². The highest BCUT2D eigenvalue weighted by Crippen LogP contribution is 2.38. The number of amides is 2. The van der Waals surface area contributed by atoms with E-state index in [2.05, 4.69) is 15.5 Å². The number of nitrogens with two attached hydrogens (primary N) is 1. The molecule has 2 unspecified atom stereocenters. The van der Waals surface area contributed by atoms with Crippen molar-refractivity contribution in [2.45, 2.75) is 51.5 Å². The topological polar surface area (TPSA) is 114 Å². The molecule has 2 fully saturated rings. The molecule has 0 spiro atoms. The monoisotopic (exact) mass is 349 g/mol. The minimum atomic E-state index is -0.361. The summed E-state index contributed by atoms with van der Waals surface area (Å²) < 4.78 is 5.40. The first kappa shape index (κ1) is 17.8.